The van der Waals surface area contributed by atoms with E-state index in [1.165, 1.54) is 6.26 Å². The van der Waals surface area contributed by atoms with E-state index in [4.69, 9.17) is 16.0 Å². The number of hydrogen-bond acceptors (Lipinski definition) is 2. The molecule has 3 nitrogen and oxygen atoms in total. The van der Waals surface area contributed by atoms with Gasteiger partial charge in [0.2, 0.25) is 5.22 Å². The molecule has 1 heterocycles. The molecule has 14 heavy (non-hydrogen) atoms. The van der Waals surface area contributed by atoms with E-state index in [0.29, 0.717) is 5.56 Å². The summed E-state index contributed by atoms with van der Waals surface area (Å²) in [6.45, 7) is 0. The lowest BCUT2D eigenvalue weighted by Gasteiger charge is -2.10. The highest BCUT2D eigenvalue weighted by molar-refractivity contribution is 6.32. The van der Waals surface area contributed by atoms with Gasteiger partial charge in [0, 0.05) is 6.04 Å². The average Bonchev–Trinajstić information content (AvgIpc) is 2.75. The monoisotopic (exact) mass is 211 g/mol. The molecule has 0 spiro atoms. The SMILES string of the molecule is O=C(NC1CC=CC1)c1ccoc1Cl. The first-order valence-corrected chi connectivity index (χ1v) is 4.84. The minimum Gasteiger partial charge on any atom is -0.452 e. The zero-order chi connectivity index (χ0) is 9.97. The molecule has 1 aromatic heterocycles. The first-order valence-electron chi connectivity index (χ1n) is 4.46. The van der Waals surface area contributed by atoms with Crippen molar-refractivity contribution in [2.45, 2.75) is 18.9 Å². The highest BCUT2D eigenvalue weighted by atomic mass is 35.5. The third-order valence-corrected chi connectivity index (χ3v) is 2.50. The molecule has 1 aliphatic carbocycles. The Morgan fingerprint density at radius 3 is 2.79 bits per heavy atom. The molecule has 0 bridgehead atoms. The van der Waals surface area contributed by atoms with E-state index in [9.17, 15) is 4.79 Å². The lowest BCUT2D eigenvalue weighted by atomic mass is 10.2. The third-order valence-electron chi connectivity index (χ3n) is 2.21. The number of rotatable bonds is 2. The molecule has 1 N–H and O–H groups in total. The van der Waals surface area contributed by atoms with Crippen molar-refractivity contribution in [1.82, 2.24) is 5.32 Å². The molecule has 4 heteroatoms. The Balaban J connectivity index is 1.99. The number of carbonyl (C=O) groups is 1. The average molecular weight is 212 g/mol. The number of nitrogens with one attached hydrogen (secondary N) is 1. The summed E-state index contributed by atoms with van der Waals surface area (Å²) in [6.07, 6.45) is 7.30. The Morgan fingerprint density at radius 2 is 2.21 bits per heavy atom. The predicted octanol–water partition coefficient (Wildman–Crippen LogP) is 2.38. The molecule has 2 rings (SSSR count). The molecule has 74 valence electrons. The van der Waals surface area contributed by atoms with Gasteiger partial charge in [0.1, 0.15) is 0 Å². The second-order valence-electron chi connectivity index (χ2n) is 3.22. The van der Waals surface area contributed by atoms with Crippen LogP contribution in [0.5, 0.6) is 0 Å². The van der Waals surface area contributed by atoms with Gasteiger partial charge in [-0.05, 0) is 30.5 Å². The van der Waals surface area contributed by atoms with Crippen LogP contribution in [0.4, 0.5) is 0 Å². The maximum Gasteiger partial charge on any atom is 0.256 e. The van der Waals surface area contributed by atoms with Crippen LogP contribution in [0.15, 0.2) is 28.9 Å². The summed E-state index contributed by atoms with van der Waals surface area (Å²) in [7, 11) is 0. The van der Waals surface area contributed by atoms with Crippen LogP contribution in [0.2, 0.25) is 5.22 Å². The fourth-order valence-electron chi connectivity index (χ4n) is 1.45. The standard InChI is InChI=1S/C10H10ClNO2/c11-9-8(5-6-14-9)10(13)12-7-3-1-2-4-7/h1-2,5-7H,3-4H2,(H,12,13). The number of amides is 1. The van der Waals surface area contributed by atoms with Crippen molar-refractivity contribution in [3.63, 3.8) is 0 Å². The fraction of sp³-hybridized carbons (Fsp3) is 0.300. The summed E-state index contributed by atoms with van der Waals surface area (Å²) in [6, 6.07) is 1.77. The van der Waals surface area contributed by atoms with Gasteiger partial charge in [-0.15, -0.1) is 0 Å². The summed E-state index contributed by atoms with van der Waals surface area (Å²) in [5.41, 5.74) is 0.401. The zero-order valence-electron chi connectivity index (χ0n) is 7.50. The minimum atomic E-state index is -0.169. The predicted molar refractivity (Wildman–Crippen MR) is 53.3 cm³/mol. The van der Waals surface area contributed by atoms with Gasteiger partial charge in [-0.3, -0.25) is 4.79 Å². The van der Waals surface area contributed by atoms with E-state index in [2.05, 4.69) is 17.5 Å². The van der Waals surface area contributed by atoms with Crippen molar-refractivity contribution in [2.75, 3.05) is 0 Å². The van der Waals surface area contributed by atoms with E-state index in [-0.39, 0.29) is 17.2 Å². The molecule has 0 saturated heterocycles. The molecule has 1 aliphatic rings. The first kappa shape index (κ1) is 9.34. The van der Waals surface area contributed by atoms with Gasteiger partial charge in [-0.1, -0.05) is 12.2 Å². The van der Waals surface area contributed by atoms with Crippen molar-refractivity contribution < 1.29 is 9.21 Å². The third kappa shape index (κ3) is 1.82. The number of furan rings is 1. The highest BCUT2D eigenvalue weighted by Crippen LogP contribution is 2.17. The number of halogens is 1. The molecule has 1 aromatic rings. The van der Waals surface area contributed by atoms with Crippen LogP contribution in [0.25, 0.3) is 0 Å². The Hall–Kier alpha value is -1.22. The van der Waals surface area contributed by atoms with Crippen molar-refractivity contribution in [3.05, 3.63) is 35.3 Å². The largest absolute Gasteiger partial charge is 0.452 e. The van der Waals surface area contributed by atoms with Crippen molar-refractivity contribution in [3.8, 4) is 0 Å². The van der Waals surface area contributed by atoms with Crippen LogP contribution < -0.4 is 5.32 Å². The lowest BCUT2D eigenvalue weighted by molar-refractivity contribution is 0.0938. The van der Waals surface area contributed by atoms with E-state index in [1.807, 2.05) is 0 Å². The molecule has 0 fully saturated rings. The fourth-order valence-corrected chi connectivity index (χ4v) is 1.65. The first-order chi connectivity index (χ1) is 6.77. The van der Waals surface area contributed by atoms with E-state index < -0.39 is 0 Å². The van der Waals surface area contributed by atoms with Gasteiger partial charge in [0.15, 0.2) is 0 Å². The van der Waals surface area contributed by atoms with Crippen LogP contribution in [0.1, 0.15) is 23.2 Å². The van der Waals surface area contributed by atoms with Crippen molar-refractivity contribution >= 4 is 17.5 Å². The number of carbonyl (C=O) groups excluding carboxylic acids is 1. The molecule has 0 unspecified atom stereocenters. The van der Waals surface area contributed by atoms with Crippen LogP contribution in [-0.2, 0) is 0 Å². The zero-order valence-corrected chi connectivity index (χ0v) is 8.25. The Bertz CT molecular complexity index is 362. The van der Waals surface area contributed by atoms with Gasteiger partial charge in [-0.25, -0.2) is 0 Å². The molecular weight excluding hydrogens is 202 g/mol. The molecule has 0 aromatic carbocycles. The number of hydrogen-bond donors (Lipinski definition) is 1. The van der Waals surface area contributed by atoms with Crippen molar-refractivity contribution in [2.24, 2.45) is 0 Å². The molecule has 0 saturated carbocycles. The molecule has 0 radical (unpaired) electrons. The van der Waals surface area contributed by atoms with E-state index in [1.54, 1.807) is 6.07 Å². The van der Waals surface area contributed by atoms with Crippen LogP contribution in [0.3, 0.4) is 0 Å². The van der Waals surface area contributed by atoms with Gasteiger partial charge in [-0.2, -0.15) is 0 Å². The molecule has 0 aliphatic heterocycles. The highest BCUT2D eigenvalue weighted by Gasteiger charge is 2.17. The van der Waals surface area contributed by atoms with E-state index >= 15 is 0 Å². The Labute approximate surface area is 86.7 Å². The van der Waals surface area contributed by atoms with E-state index in [0.717, 1.165) is 12.8 Å². The summed E-state index contributed by atoms with van der Waals surface area (Å²) < 4.78 is 4.84. The topological polar surface area (TPSA) is 42.2 Å². The van der Waals surface area contributed by atoms with Gasteiger partial charge >= 0.3 is 0 Å². The minimum absolute atomic E-state index is 0.147. The summed E-state index contributed by atoms with van der Waals surface area (Å²) >= 11 is 5.68. The summed E-state index contributed by atoms with van der Waals surface area (Å²) in [5.74, 6) is -0.169. The van der Waals surface area contributed by atoms with Gasteiger partial charge < -0.3 is 9.73 Å². The van der Waals surface area contributed by atoms with Crippen LogP contribution in [0, 0.1) is 0 Å². The Kier molecular flexibility index (Phi) is 2.59. The smallest absolute Gasteiger partial charge is 0.256 e. The quantitative estimate of drug-likeness (QED) is 0.764. The second kappa shape index (κ2) is 3.88. The maximum atomic E-state index is 11.6. The summed E-state index contributed by atoms with van der Waals surface area (Å²) in [5, 5.41) is 3.02. The molecular formula is C10H10ClNO2. The normalized spacial score (nSPS) is 16.1. The lowest BCUT2D eigenvalue weighted by Crippen LogP contribution is -2.32. The van der Waals surface area contributed by atoms with Crippen LogP contribution >= 0.6 is 11.6 Å². The second-order valence-corrected chi connectivity index (χ2v) is 3.56. The summed E-state index contributed by atoms with van der Waals surface area (Å²) in [4.78, 5) is 11.6. The van der Waals surface area contributed by atoms with Gasteiger partial charge in [0.05, 0.1) is 11.8 Å². The van der Waals surface area contributed by atoms with Crippen molar-refractivity contribution in [1.29, 1.82) is 0 Å². The molecule has 1 amide bonds. The molecule has 0 atom stereocenters. The maximum absolute atomic E-state index is 11.6. The van der Waals surface area contributed by atoms with Gasteiger partial charge in [0.25, 0.3) is 5.91 Å². The van der Waals surface area contributed by atoms with Crippen LogP contribution in [-0.4, -0.2) is 11.9 Å². The Morgan fingerprint density at radius 1 is 1.50 bits per heavy atom.